The molecule has 0 aromatic rings. The molecule has 1 amide bonds. The van der Waals surface area contributed by atoms with Gasteiger partial charge in [-0.3, -0.25) is 4.79 Å². The first-order valence-electron chi connectivity index (χ1n) is 5.19. The lowest BCUT2D eigenvalue weighted by Crippen LogP contribution is -2.42. The SMILES string of the molecule is C[C@H](N)C(=O)N1CCCC(C)(O)CC1. The molecule has 2 atom stereocenters. The van der Waals surface area contributed by atoms with Crippen molar-refractivity contribution in [3.8, 4) is 0 Å². The van der Waals surface area contributed by atoms with E-state index in [-0.39, 0.29) is 5.91 Å². The third kappa shape index (κ3) is 2.96. The van der Waals surface area contributed by atoms with Gasteiger partial charge < -0.3 is 15.7 Å². The highest BCUT2D eigenvalue weighted by molar-refractivity contribution is 5.81. The maximum absolute atomic E-state index is 11.6. The summed E-state index contributed by atoms with van der Waals surface area (Å²) in [6, 6.07) is -0.432. The lowest BCUT2D eigenvalue weighted by Gasteiger charge is -2.23. The van der Waals surface area contributed by atoms with Crippen molar-refractivity contribution in [2.24, 2.45) is 5.73 Å². The molecule has 0 bridgehead atoms. The molecule has 0 spiro atoms. The van der Waals surface area contributed by atoms with Crippen molar-refractivity contribution in [3.63, 3.8) is 0 Å². The van der Waals surface area contributed by atoms with Gasteiger partial charge in [0.05, 0.1) is 11.6 Å². The number of amides is 1. The van der Waals surface area contributed by atoms with Crippen LogP contribution in [0.3, 0.4) is 0 Å². The number of hydrogen-bond acceptors (Lipinski definition) is 3. The predicted molar refractivity (Wildman–Crippen MR) is 54.7 cm³/mol. The van der Waals surface area contributed by atoms with Gasteiger partial charge >= 0.3 is 0 Å². The summed E-state index contributed by atoms with van der Waals surface area (Å²) < 4.78 is 0. The summed E-state index contributed by atoms with van der Waals surface area (Å²) in [6.45, 7) is 4.86. The Morgan fingerprint density at radius 2 is 2.14 bits per heavy atom. The predicted octanol–water partition coefficient (Wildman–Crippen LogP) is 0.0971. The molecule has 1 unspecified atom stereocenters. The standard InChI is InChI=1S/C10H20N2O2/c1-8(11)9(13)12-6-3-4-10(2,14)5-7-12/h8,14H,3-7,11H2,1-2H3/t8-,10?/m0/s1. The molecule has 82 valence electrons. The topological polar surface area (TPSA) is 66.6 Å². The van der Waals surface area contributed by atoms with Crippen LogP contribution in [0.1, 0.15) is 33.1 Å². The number of likely N-dealkylation sites (tertiary alicyclic amines) is 1. The highest BCUT2D eigenvalue weighted by Gasteiger charge is 2.27. The minimum absolute atomic E-state index is 0.0114. The Morgan fingerprint density at radius 1 is 1.50 bits per heavy atom. The lowest BCUT2D eigenvalue weighted by molar-refractivity contribution is -0.132. The van der Waals surface area contributed by atoms with E-state index >= 15 is 0 Å². The first kappa shape index (κ1) is 11.5. The van der Waals surface area contributed by atoms with Crippen molar-refractivity contribution in [1.29, 1.82) is 0 Å². The van der Waals surface area contributed by atoms with Gasteiger partial charge in [-0.25, -0.2) is 0 Å². The summed E-state index contributed by atoms with van der Waals surface area (Å²) in [4.78, 5) is 13.3. The van der Waals surface area contributed by atoms with Crippen LogP contribution < -0.4 is 5.73 Å². The smallest absolute Gasteiger partial charge is 0.239 e. The zero-order valence-corrected chi connectivity index (χ0v) is 8.99. The minimum atomic E-state index is -0.618. The van der Waals surface area contributed by atoms with Gasteiger partial charge in [0.1, 0.15) is 0 Å². The Hall–Kier alpha value is -0.610. The van der Waals surface area contributed by atoms with E-state index < -0.39 is 11.6 Å². The molecule has 4 heteroatoms. The molecule has 14 heavy (non-hydrogen) atoms. The van der Waals surface area contributed by atoms with Crippen LogP contribution in [0.25, 0.3) is 0 Å². The summed E-state index contributed by atoms with van der Waals surface area (Å²) in [5.41, 5.74) is 4.91. The van der Waals surface area contributed by atoms with E-state index in [1.54, 1.807) is 11.8 Å². The Balaban J connectivity index is 2.54. The zero-order chi connectivity index (χ0) is 10.8. The average Bonchev–Trinajstić information content (AvgIpc) is 2.25. The van der Waals surface area contributed by atoms with Gasteiger partial charge in [-0.05, 0) is 33.1 Å². The van der Waals surface area contributed by atoms with Gasteiger partial charge in [-0.1, -0.05) is 0 Å². The quantitative estimate of drug-likeness (QED) is 0.630. The Morgan fingerprint density at radius 3 is 2.71 bits per heavy atom. The van der Waals surface area contributed by atoms with Crippen molar-refractivity contribution >= 4 is 5.91 Å². The average molecular weight is 200 g/mol. The molecule has 1 saturated heterocycles. The van der Waals surface area contributed by atoms with E-state index in [0.717, 1.165) is 19.4 Å². The fourth-order valence-corrected chi connectivity index (χ4v) is 1.77. The molecule has 1 aliphatic rings. The molecular formula is C10H20N2O2. The zero-order valence-electron chi connectivity index (χ0n) is 8.99. The van der Waals surface area contributed by atoms with E-state index in [0.29, 0.717) is 13.0 Å². The number of carbonyl (C=O) groups is 1. The summed E-state index contributed by atoms with van der Waals surface area (Å²) in [5, 5.41) is 9.82. The van der Waals surface area contributed by atoms with Crippen molar-refractivity contribution < 1.29 is 9.90 Å². The van der Waals surface area contributed by atoms with Crippen molar-refractivity contribution in [3.05, 3.63) is 0 Å². The minimum Gasteiger partial charge on any atom is -0.390 e. The second-order valence-corrected chi connectivity index (χ2v) is 4.46. The fraction of sp³-hybridized carbons (Fsp3) is 0.900. The highest BCUT2D eigenvalue weighted by atomic mass is 16.3. The van der Waals surface area contributed by atoms with Gasteiger partial charge in [-0.15, -0.1) is 0 Å². The van der Waals surface area contributed by atoms with Gasteiger partial charge in [0, 0.05) is 13.1 Å². The largest absolute Gasteiger partial charge is 0.390 e. The summed E-state index contributed by atoms with van der Waals surface area (Å²) in [5.74, 6) is -0.0114. The molecule has 1 aliphatic heterocycles. The Kier molecular flexibility index (Phi) is 3.50. The number of carbonyl (C=O) groups excluding carboxylic acids is 1. The van der Waals surface area contributed by atoms with Crippen LogP contribution in [-0.4, -0.2) is 40.6 Å². The lowest BCUT2D eigenvalue weighted by atomic mass is 9.98. The monoisotopic (exact) mass is 200 g/mol. The normalized spacial score (nSPS) is 31.0. The van der Waals surface area contributed by atoms with E-state index in [4.69, 9.17) is 5.73 Å². The molecule has 1 heterocycles. The molecule has 0 aliphatic carbocycles. The second-order valence-electron chi connectivity index (χ2n) is 4.46. The van der Waals surface area contributed by atoms with E-state index in [1.807, 2.05) is 6.92 Å². The molecule has 0 aromatic heterocycles. The number of aliphatic hydroxyl groups is 1. The molecule has 1 fully saturated rings. The Labute approximate surface area is 85.1 Å². The third-order valence-corrected chi connectivity index (χ3v) is 2.76. The van der Waals surface area contributed by atoms with Crippen LogP contribution in [0, 0.1) is 0 Å². The molecule has 4 nitrogen and oxygen atoms in total. The Bertz CT molecular complexity index is 214. The molecule has 3 N–H and O–H groups in total. The van der Waals surface area contributed by atoms with E-state index in [9.17, 15) is 9.90 Å². The summed E-state index contributed by atoms with van der Waals surface area (Å²) >= 11 is 0. The molecule has 0 aromatic carbocycles. The van der Waals surface area contributed by atoms with Gasteiger partial charge in [-0.2, -0.15) is 0 Å². The second kappa shape index (κ2) is 4.28. The fourth-order valence-electron chi connectivity index (χ4n) is 1.77. The van der Waals surface area contributed by atoms with Crippen LogP contribution in [0.2, 0.25) is 0 Å². The van der Waals surface area contributed by atoms with Crippen LogP contribution in [0.5, 0.6) is 0 Å². The molecular weight excluding hydrogens is 180 g/mol. The summed E-state index contributed by atoms with van der Waals surface area (Å²) in [7, 11) is 0. The first-order valence-corrected chi connectivity index (χ1v) is 5.19. The van der Waals surface area contributed by atoms with Gasteiger partial charge in [0.25, 0.3) is 0 Å². The number of nitrogens with zero attached hydrogens (tertiary/aromatic N) is 1. The third-order valence-electron chi connectivity index (χ3n) is 2.76. The van der Waals surface area contributed by atoms with E-state index in [2.05, 4.69) is 0 Å². The van der Waals surface area contributed by atoms with Crippen molar-refractivity contribution in [2.75, 3.05) is 13.1 Å². The van der Waals surface area contributed by atoms with Crippen molar-refractivity contribution in [2.45, 2.75) is 44.8 Å². The van der Waals surface area contributed by atoms with Crippen LogP contribution in [0.4, 0.5) is 0 Å². The molecule has 0 saturated carbocycles. The molecule has 0 radical (unpaired) electrons. The van der Waals surface area contributed by atoms with E-state index in [1.165, 1.54) is 0 Å². The maximum atomic E-state index is 11.6. The summed E-state index contributed by atoms with van der Waals surface area (Å²) in [6.07, 6.45) is 2.26. The van der Waals surface area contributed by atoms with Gasteiger partial charge in [0.2, 0.25) is 5.91 Å². The maximum Gasteiger partial charge on any atom is 0.239 e. The first-order chi connectivity index (χ1) is 6.42. The van der Waals surface area contributed by atoms with Crippen LogP contribution in [-0.2, 0) is 4.79 Å². The van der Waals surface area contributed by atoms with Crippen LogP contribution in [0.15, 0.2) is 0 Å². The van der Waals surface area contributed by atoms with Crippen molar-refractivity contribution in [1.82, 2.24) is 4.90 Å². The van der Waals surface area contributed by atoms with Gasteiger partial charge in [0.15, 0.2) is 0 Å². The number of nitrogens with two attached hydrogens (primary N) is 1. The number of hydrogen-bond donors (Lipinski definition) is 2. The highest BCUT2D eigenvalue weighted by Crippen LogP contribution is 2.21. The number of rotatable bonds is 1. The van der Waals surface area contributed by atoms with Crippen LogP contribution >= 0.6 is 0 Å². The molecule has 1 rings (SSSR count).